The zero-order chi connectivity index (χ0) is 17.2. The van der Waals surface area contributed by atoms with E-state index in [9.17, 15) is 13.2 Å². The number of benzene rings is 2. The molecule has 0 saturated carbocycles. The molecular weight excluding hydrogens is 336 g/mol. The zero-order valence-corrected chi connectivity index (χ0v) is 14.3. The van der Waals surface area contributed by atoms with Gasteiger partial charge < -0.3 is 4.90 Å². The first-order valence-electron chi connectivity index (χ1n) is 6.85. The Labute approximate surface area is 140 Å². The smallest absolute Gasteiger partial charge is 0.254 e. The summed E-state index contributed by atoms with van der Waals surface area (Å²) in [5.41, 5.74) is 1.29. The number of amides is 1. The van der Waals surface area contributed by atoms with E-state index < -0.39 is 10.0 Å². The van der Waals surface area contributed by atoms with E-state index in [0.717, 1.165) is 5.56 Å². The highest BCUT2D eigenvalue weighted by Crippen LogP contribution is 2.23. The number of carbonyl (C=O) groups is 1. The zero-order valence-electron chi connectivity index (χ0n) is 12.7. The number of rotatable bonds is 4. The van der Waals surface area contributed by atoms with E-state index in [-0.39, 0.29) is 16.8 Å². The van der Waals surface area contributed by atoms with Crippen molar-refractivity contribution in [1.82, 2.24) is 4.90 Å². The van der Waals surface area contributed by atoms with Crippen LogP contribution in [0.5, 0.6) is 0 Å². The molecule has 0 radical (unpaired) electrons. The summed E-state index contributed by atoms with van der Waals surface area (Å²) in [6.45, 7) is 1.86. The van der Waals surface area contributed by atoms with Crippen LogP contribution >= 0.6 is 11.6 Å². The molecule has 0 saturated heterocycles. The molecule has 0 aromatic heterocycles. The van der Waals surface area contributed by atoms with Crippen LogP contribution < -0.4 is 5.14 Å². The first-order valence-corrected chi connectivity index (χ1v) is 8.78. The van der Waals surface area contributed by atoms with Crippen LogP contribution in [0, 0.1) is 0 Å². The Morgan fingerprint density at radius 2 is 1.78 bits per heavy atom. The van der Waals surface area contributed by atoms with Gasteiger partial charge in [0.1, 0.15) is 0 Å². The lowest BCUT2D eigenvalue weighted by Gasteiger charge is -2.25. The van der Waals surface area contributed by atoms with E-state index in [0.29, 0.717) is 10.6 Å². The highest BCUT2D eigenvalue weighted by atomic mass is 35.5. The standard InChI is InChI=1S/C16H17ClN2O3S/c1-11(12-6-8-15(9-7-12)23(18,21)22)19(2)16(20)13-4-3-5-14(17)10-13/h3-11H,1-2H3,(H2,18,21,22). The molecule has 0 aliphatic heterocycles. The van der Waals surface area contributed by atoms with Crippen molar-refractivity contribution >= 4 is 27.5 Å². The summed E-state index contributed by atoms with van der Waals surface area (Å²) in [5.74, 6) is -0.171. The molecule has 2 rings (SSSR count). The summed E-state index contributed by atoms with van der Waals surface area (Å²) in [7, 11) is -2.04. The van der Waals surface area contributed by atoms with Crippen LogP contribution in [0.4, 0.5) is 0 Å². The number of nitrogens with two attached hydrogens (primary N) is 1. The summed E-state index contributed by atoms with van der Waals surface area (Å²) in [4.78, 5) is 14.1. The first kappa shape index (κ1) is 17.5. The van der Waals surface area contributed by atoms with Gasteiger partial charge >= 0.3 is 0 Å². The third kappa shape index (κ3) is 4.10. The Kier molecular flexibility index (Phi) is 5.09. The summed E-state index contributed by atoms with van der Waals surface area (Å²) < 4.78 is 22.5. The average molecular weight is 353 g/mol. The molecule has 2 N–H and O–H groups in total. The molecule has 2 aromatic rings. The number of halogens is 1. The van der Waals surface area contributed by atoms with Gasteiger partial charge in [-0.15, -0.1) is 0 Å². The second-order valence-corrected chi connectivity index (χ2v) is 7.21. The minimum absolute atomic E-state index is 0.0391. The van der Waals surface area contributed by atoms with Crippen molar-refractivity contribution in [1.29, 1.82) is 0 Å². The molecule has 1 amide bonds. The molecule has 0 heterocycles. The molecule has 1 atom stereocenters. The molecule has 1 unspecified atom stereocenters. The van der Waals surface area contributed by atoms with Crippen molar-refractivity contribution in [3.8, 4) is 0 Å². The molecule has 0 fully saturated rings. The Morgan fingerprint density at radius 3 is 2.30 bits per heavy atom. The van der Waals surface area contributed by atoms with E-state index in [2.05, 4.69) is 0 Å². The molecule has 0 bridgehead atoms. The Balaban J connectivity index is 2.22. The maximum absolute atomic E-state index is 12.5. The molecule has 5 nitrogen and oxygen atoms in total. The minimum Gasteiger partial charge on any atom is -0.335 e. The predicted molar refractivity (Wildman–Crippen MR) is 89.8 cm³/mol. The average Bonchev–Trinajstić information content (AvgIpc) is 2.52. The van der Waals surface area contributed by atoms with Gasteiger partial charge in [0, 0.05) is 17.6 Å². The summed E-state index contributed by atoms with van der Waals surface area (Å²) >= 11 is 5.91. The number of nitrogens with zero attached hydrogens (tertiary/aromatic N) is 1. The lowest BCUT2D eigenvalue weighted by Crippen LogP contribution is -2.29. The van der Waals surface area contributed by atoms with Gasteiger partial charge in [-0.2, -0.15) is 0 Å². The van der Waals surface area contributed by atoms with Crippen LogP contribution in [-0.4, -0.2) is 26.3 Å². The first-order chi connectivity index (χ1) is 10.7. The third-order valence-corrected chi connectivity index (χ3v) is 4.83. The van der Waals surface area contributed by atoms with Crippen LogP contribution in [-0.2, 0) is 10.0 Å². The largest absolute Gasteiger partial charge is 0.335 e. The van der Waals surface area contributed by atoms with Crippen molar-refractivity contribution < 1.29 is 13.2 Å². The molecule has 0 aliphatic carbocycles. The van der Waals surface area contributed by atoms with Crippen molar-refractivity contribution in [2.75, 3.05) is 7.05 Å². The molecule has 122 valence electrons. The van der Waals surface area contributed by atoms with Gasteiger partial charge in [-0.3, -0.25) is 4.79 Å². The van der Waals surface area contributed by atoms with Gasteiger partial charge in [-0.1, -0.05) is 29.8 Å². The van der Waals surface area contributed by atoms with E-state index in [1.165, 1.54) is 12.1 Å². The molecule has 0 aliphatic rings. The Morgan fingerprint density at radius 1 is 1.17 bits per heavy atom. The fraction of sp³-hybridized carbons (Fsp3) is 0.188. The van der Waals surface area contributed by atoms with E-state index in [4.69, 9.17) is 16.7 Å². The van der Waals surface area contributed by atoms with Crippen molar-refractivity contribution in [2.45, 2.75) is 17.9 Å². The van der Waals surface area contributed by atoms with Gasteiger partial charge in [-0.25, -0.2) is 13.6 Å². The molecular formula is C16H17ClN2O3S. The second kappa shape index (κ2) is 6.70. The normalized spacial score (nSPS) is 12.7. The maximum Gasteiger partial charge on any atom is 0.254 e. The maximum atomic E-state index is 12.5. The van der Waals surface area contributed by atoms with E-state index in [1.54, 1.807) is 48.3 Å². The lowest BCUT2D eigenvalue weighted by molar-refractivity contribution is 0.0742. The molecule has 23 heavy (non-hydrogen) atoms. The predicted octanol–water partition coefficient (Wildman–Crippen LogP) is 2.82. The topological polar surface area (TPSA) is 80.5 Å². The number of primary sulfonamides is 1. The monoisotopic (exact) mass is 352 g/mol. The Hall–Kier alpha value is -1.89. The molecule has 7 heteroatoms. The van der Waals surface area contributed by atoms with Crippen LogP contribution in [0.25, 0.3) is 0 Å². The number of hydrogen-bond donors (Lipinski definition) is 1. The Bertz CT molecular complexity index is 819. The van der Waals surface area contributed by atoms with Gasteiger partial charge in [0.05, 0.1) is 10.9 Å². The van der Waals surface area contributed by atoms with Gasteiger partial charge in [-0.05, 0) is 42.8 Å². The lowest BCUT2D eigenvalue weighted by atomic mass is 10.1. The van der Waals surface area contributed by atoms with E-state index >= 15 is 0 Å². The third-order valence-electron chi connectivity index (χ3n) is 3.66. The highest BCUT2D eigenvalue weighted by molar-refractivity contribution is 7.89. The summed E-state index contributed by atoms with van der Waals surface area (Å²) in [6.07, 6.45) is 0. The van der Waals surface area contributed by atoms with Crippen LogP contribution in [0.1, 0.15) is 28.9 Å². The highest BCUT2D eigenvalue weighted by Gasteiger charge is 2.19. The summed E-state index contributed by atoms with van der Waals surface area (Å²) in [5, 5.41) is 5.57. The van der Waals surface area contributed by atoms with Crippen molar-refractivity contribution in [2.24, 2.45) is 5.14 Å². The fourth-order valence-corrected chi connectivity index (χ4v) is 2.87. The van der Waals surface area contributed by atoms with Crippen molar-refractivity contribution in [3.63, 3.8) is 0 Å². The van der Waals surface area contributed by atoms with Gasteiger partial charge in [0.25, 0.3) is 5.91 Å². The van der Waals surface area contributed by atoms with Crippen LogP contribution in [0.3, 0.4) is 0 Å². The number of carbonyl (C=O) groups excluding carboxylic acids is 1. The second-order valence-electron chi connectivity index (χ2n) is 5.22. The van der Waals surface area contributed by atoms with Crippen LogP contribution in [0.2, 0.25) is 5.02 Å². The van der Waals surface area contributed by atoms with Gasteiger partial charge in [0.15, 0.2) is 0 Å². The van der Waals surface area contributed by atoms with Crippen molar-refractivity contribution in [3.05, 3.63) is 64.7 Å². The summed E-state index contributed by atoms with van der Waals surface area (Å²) in [6, 6.07) is 12.6. The molecule has 2 aromatic carbocycles. The fourth-order valence-electron chi connectivity index (χ4n) is 2.16. The SMILES string of the molecule is CC(c1ccc(S(N)(=O)=O)cc1)N(C)C(=O)c1cccc(Cl)c1. The van der Waals surface area contributed by atoms with E-state index in [1.807, 2.05) is 6.92 Å². The van der Waals surface area contributed by atoms with Gasteiger partial charge in [0.2, 0.25) is 10.0 Å². The van der Waals surface area contributed by atoms with Crippen LogP contribution in [0.15, 0.2) is 53.4 Å². The minimum atomic E-state index is -3.72. The number of hydrogen-bond acceptors (Lipinski definition) is 3. The number of sulfonamides is 1. The molecule has 0 spiro atoms. The quantitative estimate of drug-likeness (QED) is 0.918.